The lowest BCUT2D eigenvalue weighted by Crippen LogP contribution is -2.72. The number of nitrogens with zero attached hydrogens (tertiary/aromatic N) is 3. The van der Waals surface area contributed by atoms with Crippen molar-refractivity contribution in [3.8, 4) is 0 Å². The van der Waals surface area contributed by atoms with Gasteiger partial charge < -0.3 is 19.4 Å². The van der Waals surface area contributed by atoms with Crippen molar-refractivity contribution in [3.05, 3.63) is 23.8 Å². The minimum absolute atomic E-state index is 0.0308. The first-order valence-electron chi connectivity index (χ1n) is 10.9. The minimum Gasteiger partial charge on any atom is -0.423 e. The van der Waals surface area contributed by atoms with Crippen molar-refractivity contribution in [2.24, 2.45) is 5.92 Å². The molecule has 0 radical (unpaired) electrons. The van der Waals surface area contributed by atoms with Gasteiger partial charge in [-0.2, -0.15) is 4.98 Å². The van der Waals surface area contributed by atoms with Gasteiger partial charge in [-0.1, -0.05) is 6.07 Å². The summed E-state index contributed by atoms with van der Waals surface area (Å²) in [6.45, 7) is 8.01. The zero-order chi connectivity index (χ0) is 19.8. The van der Waals surface area contributed by atoms with Crippen LogP contribution in [0.3, 0.4) is 0 Å². The lowest BCUT2D eigenvalue weighted by molar-refractivity contribution is -0.0859. The van der Waals surface area contributed by atoms with Crippen LogP contribution in [0, 0.1) is 5.92 Å². The first-order valence-corrected chi connectivity index (χ1v) is 10.9. The second kappa shape index (κ2) is 6.19. The maximum Gasteiger partial charge on any atom is 0.298 e. The number of carbonyl (C=O) groups excluding carboxylic acids is 1. The number of para-hydroxylation sites is 1. The molecule has 7 nitrogen and oxygen atoms in total. The van der Waals surface area contributed by atoms with E-state index in [0.29, 0.717) is 34.1 Å². The molecule has 29 heavy (non-hydrogen) atoms. The molecule has 4 aliphatic rings. The Bertz CT molecular complexity index is 964. The van der Waals surface area contributed by atoms with Crippen LogP contribution in [-0.2, 0) is 4.74 Å². The van der Waals surface area contributed by atoms with Crippen LogP contribution < -0.4 is 10.2 Å². The monoisotopic (exact) mass is 396 g/mol. The van der Waals surface area contributed by atoms with Gasteiger partial charge in [0.2, 0.25) is 0 Å². The van der Waals surface area contributed by atoms with Crippen molar-refractivity contribution >= 4 is 23.0 Å². The maximum absolute atomic E-state index is 13.1. The molecule has 1 aromatic heterocycles. The summed E-state index contributed by atoms with van der Waals surface area (Å²) in [4.78, 5) is 22.5. The molecule has 5 atom stereocenters. The van der Waals surface area contributed by atoms with Gasteiger partial charge in [-0.25, -0.2) is 0 Å². The molecule has 3 unspecified atom stereocenters. The lowest BCUT2D eigenvalue weighted by Gasteiger charge is -2.61. The first-order chi connectivity index (χ1) is 14.0. The van der Waals surface area contributed by atoms with E-state index in [1.54, 1.807) is 0 Å². The molecule has 4 fully saturated rings. The predicted molar refractivity (Wildman–Crippen MR) is 109 cm³/mol. The van der Waals surface area contributed by atoms with Gasteiger partial charge in [0.05, 0.1) is 17.8 Å². The third kappa shape index (κ3) is 2.56. The number of anilines is 1. The van der Waals surface area contributed by atoms with Crippen molar-refractivity contribution in [2.75, 3.05) is 31.1 Å². The number of nitrogens with one attached hydrogen (secondary N) is 1. The molecule has 0 bridgehead atoms. The number of benzene rings is 1. The second-order valence-electron chi connectivity index (χ2n) is 9.33. The Hall–Kier alpha value is -2.12. The molecule has 4 heterocycles. The Morgan fingerprint density at radius 3 is 2.83 bits per heavy atom. The highest BCUT2D eigenvalue weighted by molar-refractivity contribution is 6.05. The molecule has 1 N–H and O–H groups in total. The fourth-order valence-corrected chi connectivity index (χ4v) is 6.18. The Morgan fingerprint density at radius 1 is 1.24 bits per heavy atom. The van der Waals surface area contributed by atoms with E-state index >= 15 is 0 Å². The number of ether oxygens (including phenoxy) is 1. The number of carbonyl (C=O) groups is 1. The highest BCUT2D eigenvalue weighted by Gasteiger charge is 2.64. The average molecular weight is 396 g/mol. The molecule has 1 aliphatic carbocycles. The van der Waals surface area contributed by atoms with E-state index in [-0.39, 0.29) is 24.2 Å². The molecule has 1 spiro atoms. The smallest absolute Gasteiger partial charge is 0.298 e. The van der Waals surface area contributed by atoms with Gasteiger partial charge in [0.25, 0.3) is 11.9 Å². The van der Waals surface area contributed by atoms with Crippen LogP contribution in [0.1, 0.15) is 43.5 Å². The number of hydrogen-bond donors (Lipinski definition) is 1. The van der Waals surface area contributed by atoms with Crippen LogP contribution in [0.4, 0.5) is 6.01 Å². The van der Waals surface area contributed by atoms with E-state index in [1.165, 1.54) is 25.9 Å². The van der Waals surface area contributed by atoms with E-state index in [1.807, 2.05) is 18.2 Å². The van der Waals surface area contributed by atoms with Crippen LogP contribution >= 0.6 is 0 Å². The summed E-state index contributed by atoms with van der Waals surface area (Å²) in [7, 11) is 0. The second-order valence-corrected chi connectivity index (χ2v) is 9.33. The Labute approximate surface area is 170 Å². The van der Waals surface area contributed by atoms with Crippen LogP contribution in [-0.4, -0.2) is 65.8 Å². The molecule has 154 valence electrons. The summed E-state index contributed by atoms with van der Waals surface area (Å²) < 4.78 is 11.8. The summed E-state index contributed by atoms with van der Waals surface area (Å²) >= 11 is 0. The normalized spacial score (nSPS) is 36.3. The fraction of sp³-hybridized carbons (Fsp3) is 0.636. The molecule has 1 saturated carbocycles. The highest BCUT2D eigenvalue weighted by atomic mass is 16.5. The molecular formula is C22H28N4O3. The number of aromatic nitrogens is 1. The molecule has 6 rings (SSSR count). The first kappa shape index (κ1) is 17.7. The van der Waals surface area contributed by atoms with E-state index in [4.69, 9.17) is 14.1 Å². The Kier molecular flexibility index (Phi) is 3.78. The lowest BCUT2D eigenvalue weighted by atomic mass is 9.58. The molecule has 7 heteroatoms. The quantitative estimate of drug-likeness (QED) is 0.859. The average Bonchev–Trinajstić information content (AvgIpc) is 3.17. The topological polar surface area (TPSA) is 70.8 Å². The number of hydrogen-bond acceptors (Lipinski definition) is 6. The third-order valence-corrected chi connectivity index (χ3v) is 7.56. The molecule has 1 amide bonds. The molecular weight excluding hydrogens is 368 g/mol. The van der Waals surface area contributed by atoms with E-state index < -0.39 is 0 Å². The zero-order valence-corrected chi connectivity index (χ0v) is 17.1. The standard InChI is InChI=1S/C22H28N4O3/c1-13-11-25(12-14(2)28-13)21-24-19-15(4-3-5-18(19)29-21)20(27)23-17-10-22-7-9-26(22)8-6-16(17)22/h3-5,13-14,16-17H,6-12H2,1-2H3,(H,23,27)/t13-,14+,16?,17?,22?. The summed E-state index contributed by atoms with van der Waals surface area (Å²) in [5.74, 6) is 0.584. The molecule has 2 aromatic rings. The highest BCUT2D eigenvalue weighted by Crippen LogP contribution is 2.57. The number of morpholine rings is 1. The van der Waals surface area contributed by atoms with Crippen LogP contribution in [0.25, 0.3) is 11.1 Å². The number of fused-ring (bicyclic) bond motifs is 1. The van der Waals surface area contributed by atoms with Gasteiger partial charge >= 0.3 is 0 Å². The summed E-state index contributed by atoms with van der Waals surface area (Å²) in [6, 6.07) is 6.48. The number of amides is 1. The molecule has 3 saturated heterocycles. The number of oxazole rings is 1. The zero-order valence-electron chi connectivity index (χ0n) is 17.1. The van der Waals surface area contributed by atoms with Crippen LogP contribution in [0.5, 0.6) is 0 Å². The van der Waals surface area contributed by atoms with Gasteiger partial charge in [-0.3, -0.25) is 9.69 Å². The molecule has 1 aromatic carbocycles. The van der Waals surface area contributed by atoms with Gasteiger partial charge in [0, 0.05) is 31.2 Å². The van der Waals surface area contributed by atoms with Gasteiger partial charge in [0.15, 0.2) is 5.58 Å². The fourth-order valence-electron chi connectivity index (χ4n) is 6.18. The molecule has 3 aliphatic heterocycles. The summed E-state index contributed by atoms with van der Waals surface area (Å²) in [5, 5.41) is 3.30. The van der Waals surface area contributed by atoms with Crippen molar-refractivity contribution in [1.82, 2.24) is 15.2 Å². The number of rotatable bonds is 3. The minimum atomic E-state index is -0.0308. The van der Waals surface area contributed by atoms with E-state index in [9.17, 15) is 4.79 Å². The summed E-state index contributed by atoms with van der Waals surface area (Å²) in [5.41, 5.74) is 2.33. The Balaban J connectivity index is 1.23. The van der Waals surface area contributed by atoms with Gasteiger partial charge in [-0.05, 0) is 57.7 Å². The maximum atomic E-state index is 13.1. The van der Waals surface area contributed by atoms with E-state index in [0.717, 1.165) is 19.5 Å². The van der Waals surface area contributed by atoms with E-state index in [2.05, 4.69) is 29.0 Å². The van der Waals surface area contributed by atoms with Gasteiger partial charge in [0.1, 0.15) is 5.52 Å². The predicted octanol–water partition coefficient (Wildman–Crippen LogP) is 2.41. The largest absolute Gasteiger partial charge is 0.423 e. The van der Waals surface area contributed by atoms with Crippen molar-refractivity contribution in [3.63, 3.8) is 0 Å². The third-order valence-electron chi connectivity index (χ3n) is 7.56. The van der Waals surface area contributed by atoms with Crippen molar-refractivity contribution < 1.29 is 13.9 Å². The van der Waals surface area contributed by atoms with Crippen LogP contribution in [0.2, 0.25) is 0 Å². The van der Waals surface area contributed by atoms with Crippen molar-refractivity contribution in [1.29, 1.82) is 0 Å². The van der Waals surface area contributed by atoms with Crippen molar-refractivity contribution in [2.45, 2.75) is 56.9 Å². The van der Waals surface area contributed by atoms with Crippen LogP contribution in [0.15, 0.2) is 22.6 Å². The summed E-state index contributed by atoms with van der Waals surface area (Å²) in [6.07, 6.45) is 3.84. The Morgan fingerprint density at radius 2 is 2.07 bits per heavy atom. The van der Waals surface area contributed by atoms with Gasteiger partial charge in [-0.15, -0.1) is 0 Å². The SMILES string of the molecule is C[C@@H]1CN(c2nc3c(C(=O)NC4CC56CCN5CCC46)cccc3o2)C[C@H](C)O1.